The Morgan fingerprint density at radius 3 is 2.16 bits per heavy atom. The van der Waals surface area contributed by atoms with Crippen LogP contribution in [0.25, 0.3) is 0 Å². The van der Waals surface area contributed by atoms with E-state index in [1.54, 1.807) is 12.4 Å². The van der Waals surface area contributed by atoms with Gasteiger partial charge in [0.05, 0.1) is 17.9 Å². The third kappa shape index (κ3) is 3.24. The molecule has 124 valence electrons. The van der Waals surface area contributed by atoms with Crippen LogP contribution in [0, 0.1) is 5.41 Å². The second-order valence-electron chi connectivity index (χ2n) is 6.22. The molecule has 4 heteroatoms. The van der Waals surface area contributed by atoms with Crippen LogP contribution in [0.3, 0.4) is 0 Å². The van der Waals surface area contributed by atoms with Crippen molar-refractivity contribution in [2.45, 2.75) is 13.1 Å². The zero-order valence-electron chi connectivity index (χ0n) is 14.0. The zero-order valence-corrected chi connectivity index (χ0v) is 14.0. The summed E-state index contributed by atoms with van der Waals surface area (Å²) in [6.07, 6.45) is 3.60. The van der Waals surface area contributed by atoms with Gasteiger partial charge in [0.1, 0.15) is 5.84 Å². The smallest absolute Gasteiger partial charge is 0.121 e. The molecule has 0 saturated heterocycles. The molecule has 0 saturated carbocycles. The van der Waals surface area contributed by atoms with E-state index in [9.17, 15) is 0 Å². The van der Waals surface area contributed by atoms with E-state index in [0.717, 1.165) is 17.8 Å². The number of para-hydroxylation sites is 2. The Balaban J connectivity index is 1.65. The van der Waals surface area contributed by atoms with Gasteiger partial charge in [-0.2, -0.15) is 0 Å². The second kappa shape index (κ2) is 6.77. The lowest BCUT2D eigenvalue weighted by atomic mass is 10.1. The van der Waals surface area contributed by atoms with E-state index in [1.807, 2.05) is 24.3 Å². The predicted molar refractivity (Wildman–Crippen MR) is 102 cm³/mol. The van der Waals surface area contributed by atoms with E-state index < -0.39 is 0 Å². The van der Waals surface area contributed by atoms with Crippen LogP contribution in [-0.2, 0) is 13.1 Å². The van der Waals surface area contributed by atoms with Crippen molar-refractivity contribution < 1.29 is 0 Å². The van der Waals surface area contributed by atoms with Crippen molar-refractivity contribution in [3.05, 3.63) is 90.3 Å². The number of aromatic nitrogens is 1. The molecule has 25 heavy (non-hydrogen) atoms. The van der Waals surface area contributed by atoms with Crippen molar-refractivity contribution in [2.75, 3.05) is 16.3 Å². The molecule has 2 heterocycles. The van der Waals surface area contributed by atoms with Crippen molar-refractivity contribution in [1.82, 2.24) is 4.98 Å². The summed E-state index contributed by atoms with van der Waals surface area (Å²) in [6.45, 7) is 2.11. The maximum atomic E-state index is 8.59. The van der Waals surface area contributed by atoms with Gasteiger partial charge in [0.15, 0.2) is 0 Å². The molecule has 4 rings (SSSR count). The second-order valence-corrected chi connectivity index (χ2v) is 6.22. The lowest BCUT2D eigenvalue weighted by Gasteiger charge is -2.39. The van der Waals surface area contributed by atoms with Crippen LogP contribution in [0.1, 0.15) is 11.1 Å². The first-order valence-corrected chi connectivity index (χ1v) is 8.43. The summed E-state index contributed by atoms with van der Waals surface area (Å²) < 4.78 is 0. The van der Waals surface area contributed by atoms with Crippen LogP contribution in [-0.4, -0.2) is 17.4 Å². The zero-order chi connectivity index (χ0) is 17.1. The highest BCUT2D eigenvalue weighted by Crippen LogP contribution is 2.35. The first kappa shape index (κ1) is 15.4. The summed E-state index contributed by atoms with van der Waals surface area (Å²) in [7, 11) is 0. The Bertz CT molecular complexity index is 861. The number of nitrogens with zero attached hydrogens (tertiary/aromatic N) is 3. The third-order valence-electron chi connectivity index (χ3n) is 4.49. The molecule has 3 aromatic rings. The summed E-state index contributed by atoms with van der Waals surface area (Å²) in [5.74, 6) is 0.617. The Morgan fingerprint density at radius 2 is 1.40 bits per heavy atom. The first-order chi connectivity index (χ1) is 12.3. The molecular formula is C21H20N4. The molecule has 1 aliphatic heterocycles. The molecule has 0 radical (unpaired) electrons. The van der Waals surface area contributed by atoms with Gasteiger partial charge < -0.3 is 9.80 Å². The summed E-state index contributed by atoms with van der Waals surface area (Å²) in [6, 6.07) is 22.8. The quantitative estimate of drug-likeness (QED) is 0.784. The van der Waals surface area contributed by atoms with Crippen molar-refractivity contribution in [1.29, 1.82) is 5.41 Å². The van der Waals surface area contributed by atoms with E-state index in [0.29, 0.717) is 18.9 Å². The summed E-state index contributed by atoms with van der Waals surface area (Å²) in [5, 5.41) is 8.59. The van der Waals surface area contributed by atoms with Crippen LogP contribution < -0.4 is 9.80 Å². The largest absolute Gasteiger partial charge is 0.358 e. The molecule has 0 fully saturated rings. The number of amidine groups is 1. The van der Waals surface area contributed by atoms with E-state index in [1.165, 1.54) is 11.3 Å². The van der Waals surface area contributed by atoms with Gasteiger partial charge in [-0.15, -0.1) is 0 Å². The van der Waals surface area contributed by atoms with Gasteiger partial charge >= 0.3 is 0 Å². The fourth-order valence-electron chi connectivity index (χ4n) is 3.25. The number of pyridine rings is 1. The minimum atomic E-state index is 0.608. The van der Waals surface area contributed by atoms with Crippen LogP contribution in [0.2, 0.25) is 0 Å². The molecule has 0 spiro atoms. The average molecular weight is 328 g/mol. The van der Waals surface area contributed by atoms with Gasteiger partial charge in [0, 0.05) is 25.5 Å². The standard InChI is InChI=1S/C21H20N4/c22-21-16-24(14-17-6-2-1-3-7-17)19-8-4-5-9-20(19)25(21)15-18-10-12-23-13-11-18/h1-13,22H,14-16H2. The summed E-state index contributed by atoms with van der Waals surface area (Å²) >= 11 is 0. The van der Waals surface area contributed by atoms with Gasteiger partial charge in [-0.3, -0.25) is 10.4 Å². The average Bonchev–Trinajstić information content (AvgIpc) is 2.66. The Morgan fingerprint density at radius 1 is 0.760 bits per heavy atom. The first-order valence-electron chi connectivity index (χ1n) is 8.43. The number of hydrogen-bond donors (Lipinski definition) is 1. The van der Waals surface area contributed by atoms with Crippen LogP contribution in [0.4, 0.5) is 11.4 Å². The lowest BCUT2D eigenvalue weighted by molar-refractivity contribution is 0.830. The van der Waals surface area contributed by atoms with Gasteiger partial charge in [0.25, 0.3) is 0 Å². The maximum absolute atomic E-state index is 8.59. The van der Waals surface area contributed by atoms with Crippen molar-refractivity contribution in [3.8, 4) is 0 Å². The van der Waals surface area contributed by atoms with Crippen LogP contribution in [0.15, 0.2) is 79.1 Å². The highest BCUT2D eigenvalue weighted by Gasteiger charge is 2.26. The van der Waals surface area contributed by atoms with Gasteiger partial charge in [-0.05, 0) is 35.4 Å². The van der Waals surface area contributed by atoms with E-state index >= 15 is 0 Å². The fourth-order valence-corrected chi connectivity index (χ4v) is 3.25. The molecule has 0 atom stereocenters. The van der Waals surface area contributed by atoms with E-state index in [4.69, 9.17) is 5.41 Å². The molecule has 0 bridgehead atoms. The van der Waals surface area contributed by atoms with Crippen molar-refractivity contribution >= 4 is 17.2 Å². The van der Waals surface area contributed by atoms with Crippen molar-refractivity contribution in [2.24, 2.45) is 0 Å². The lowest BCUT2D eigenvalue weighted by Crippen LogP contribution is -2.44. The monoisotopic (exact) mass is 328 g/mol. The molecule has 0 aliphatic carbocycles. The van der Waals surface area contributed by atoms with Gasteiger partial charge in [0.2, 0.25) is 0 Å². The molecule has 1 aliphatic rings. The molecule has 0 unspecified atom stereocenters. The van der Waals surface area contributed by atoms with E-state index in [2.05, 4.69) is 57.2 Å². The summed E-state index contributed by atoms with van der Waals surface area (Å²) in [4.78, 5) is 8.44. The summed E-state index contributed by atoms with van der Waals surface area (Å²) in [5.41, 5.74) is 4.68. The van der Waals surface area contributed by atoms with Gasteiger partial charge in [-0.25, -0.2) is 0 Å². The molecule has 2 aromatic carbocycles. The molecule has 4 nitrogen and oxygen atoms in total. The Kier molecular flexibility index (Phi) is 4.17. The number of anilines is 2. The Hall–Kier alpha value is -3.14. The topological polar surface area (TPSA) is 43.2 Å². The number of rotatable bonds is 4. The normalized spacial score (nSPS) is 13.7. The number of benzene rings is 2. The molecule has 0 amide bonds. The minimum absolute atomic E-state index is 0.608. The predicted octanol–water partition coefficient (Wildman–Crippen LogP) is 4.09. The van der Waals surface area contributed by atoms with E-state index in [-0.39, 0.29) is 0 Å². The Labute approximate surface area is 147 Å². The number of nitrogens with one attached hydrogen (secondary N) is 1. The SMILES string of the molecule is N=C1CN(Cc2ccccc2)c2ccccc2N1Cc1ccncc1. The van der Waals surface area contributed by atoms with Crippen molar-refractivity contribution in [3.63, 3.8) is 0 Å². The minimum Gasteiger partial charge on any atom is -0.358 e. The maximum Gasteiger partial charge on any atom is 0.121 e. The molecule has 1 N–H and O–H groups in total. The van der Waals surface area contributed by atoms with Gasteiger partial charge in [-0.1, -0.05) is 42.5 Å². The molecule has 1 aromatic heterocycles. The fraction of sp³-hybridized carbons (Fsp3) is 0.143. The third-order valence-corrected chi connectivity index (χ3v) is 4.49. The molecular weight excluding hydrogens is 308 g/mol. The number of fused-ring (bicyclic) bond motifs is 1. The van der Waals surface area contributed by atoms with Crippen LogP contribution in [0.5, 0.6) is 0 Å². The highest BCUT2D eigenvalue weighted by atomic mass is 15.3. The number of hydrogen-bond acceptors (Lipinski definition) is 3. The highest BCUT2D eigenvalue weighted by molar-refractivity contribution is 6.04. The van der Waals surface area contributed by atoms with Crippen LogP contribution >= 0.6 is 0 Å².